The first-order valence-corrected chi connectivity index (χ1v) is 12.8. The lowest BCUT2D eigenvalue weighted by Crippen LogP contribution is -2.57. The Kier molecular flexibility index (Phi) is 7.25. The second-order valence-corrected chi connectivity index (χ2v) is 11.7. The van der Waals surface area contributed by atoms with Crippen molar-refractivity contribution in [2.45, 2.75) is 52.8 Å². The predicted octanol–water partition coefficient (Wildman–Crippen LogP) is 2.03. The number of anilines is 1. The summed E-state index contributed by atoms with van der Waals surface area (Å²) in [5, 5.41) is 2.99. The number of ether oxygens (including phenoxy) is 1. The zero-order valence-electron chi connectivity index (χ0n) is 21.9. The molecule has 8 nitrogen and oxygen atoms in total. The molecule has 8 heteroatoms. The van der Waals surface area contributed by atoms with Crippen molar-refractivity contribution in [3.63, 3.8) is 0 Å². The molecule has 2 amide bonds. The number of piperazine rings is 1. The van der Waals surface area contributed by atoms with Crippen molar-refractivity contribution >= 4 is 23.3 Å². The molecule has 35 heavy (non-hydrogen) atoms. The van der Waals surface area contributed by atoms with Crippen LogP contribution in [0.2, 0.25) is 0 Å². The van der Waals surface area contributed by atoms with Gasteiger partial charge in [0.05, 0.1) is 6.10 Å². The van der Waals surface area contributed by atoms with Gasteiger partial charge >= 0.3 is 0 Å². The standard InChI is InChI=1S/C27H40N4O4/c1-17(2)20-15-31(22-21(32)16-35-23(20)22)26(34)24(27(3,4)5)28-25(33)18-7-9-19(10-8-18)30-13-11-29(6)12-14-30/h7-10,17,20,22-24H,11-16H2,1-6H3,(H,28,33)/t20-,22-,23-,24-/m1/s1. The zero-order valence-corrected chi connectivity index (χ0v) is 21.9. The average molecular weight is 485 g/mol. The molecule has 4 atom stereocenters. The molecule has 4 rings (SSSR count). The average Bonchev–Trinajstić information content (AvgIpc) is 3.37. The lowest BCUT2D eigenvalue weighted by atomic mass is 9.85. The van der Waals surface area contributed by atoms with Gasteiger partial charge in [-0.1, -0.05) is 34.6 Å². The quantitative estimate of drug-likeness (QED) is 0.689. The maximum Gasteiger partial charge on any atom is 0.251 e. The van der Waals surface area contributed by atoms with E-state index in [-0.39, 0.29) is 42.1 Å². The fourth-order valence-electron chi connectivity index (χ4n) is 5.43. The summed E-state index contributed by atoms with van der Waals surface area (Å²) in [5.74, 6) is -0.156. The number of amides is 2. The van der Waals surface area contributed by atoms with Crippen LogP contribution in [0.25, 0.3) is 0 Å². The number of fused-ring (bicyclic) bond motifs is 1. The molecule has 3 fully saturated rings. The molecule has 0 bridgehead atoms. The maximum absolute atomic E-state index is 13.8. The molecule has 3 heterocycles. The van der Waals surface area contributed by atoms with E-state index in [4.69, 9.17) is 4.74 Å². The summed E-state index contributed by atoms with van der Waals surface area (Å²) in [4.78, 5) is 45.9. The van der Waals surface area contributed by atoms with Gasteiger partial charge in [0.15, 0.2) is 5.78 Å². The fourth-order valence-corrected chi connectivity index (χ4v) is 5.43. The van der Waals surface area contributed by atoms with Crippen LogP contribution >= 0.6 is 0 Å². The van der Waals surface area contributed by atoms with E-state index >= 15 is 0 Å². The minimum Gasteiger partial charge on any atom is -0.369 e. The Hall–Kier alpha value is -2.45. The van der Waals surface area contributed by atoms with E-state index in [0.717, 1.165) is 31.9 Å². The summed E-state index contributed by atoms with van der Waals surface area (Å²) in [6.07, 6.45) is -0.259. The lowest BCUT2D eigenvalue weighted by molar-refractivity contribution is -0.140. The van der Waals surface area contributed by atoms with Gasteiger partial charge in [-0.25, -0.2) is 0 Å². The van der Waals surface area contributed by atoms with Crippen LogP contribution < -0.4 is 10.2 Å². The van der Waals surface area contributed by atoms with E-state index in [2.05, 4.69) is 36.0 Å². The maximum atomic E-state index is 13.8. The highest BCUT2D eigenvalue weighted by Crippen LogP contribution is 2.37. The number of ketones is 1. The van der Waals surface area contributed by atoms with E-state index in [9.17, 15) is 14.4 Å². The highest BCUT2D eigenvalue weighted by molar-refractivity contribution is 5.99. The lowest BCUT2D eigenvalue weighted by Gasteiger charge is -2.35. The number of carbonyl (C=O) groups excluding carboxylic acids is 3. The summed E-state index contributed by atoms with van der Waals surface area (Å²) in [5.41, 5.74) is 1.09. The zero-order chi connectivity index (χ0) is 25.5. The van der Waals surface area contributed by atoms with Gasteiger partial charge in [0.1, 0.15) is 18.7 Å². The van der Waals surface area contributed by atoms with Gasteiger partial charge in [-0.05, 0) is 42.6 Å². The molecule has 0 aliphatic carbocycles. The molecule has 0 aromatic heterocycles. The number of likely N-dealkylation sites (N-methyl/N-ethyl adjacent to an activating group) is 1. The van der Waals surface area contributed by atoms with E-state index < -0.39 is 17.5 Å². The molecule has 3 aliphatic rings. The molecule has 0 radical (unpaired) electrons. The summed E-state index contributed by atoms with van der Waals surface area (Å²) in [7, 11) is 2.12. The summed E-state index contributed by atoms with van der Waals surface area (Å²) in [6.45, 7) is 14.5. The van der Waals surface area contributed by atoms with Crippen molar-refractivity contribution in [1.82, 2.24) is 15.1 Å². The minimum absolute atomic E-state index is 0.0501. The Morgan fingerprint density at radius 1 is 1.06 bits per heavy atom. The molecule has 192 valence electrons. The van der Waals surface area contributed by atoms with Crippen molar-refractivity contribution in [2.75, 3.05) is 51.3 Å². The van der Waals surface area contributed by atoms with Crippen LogP contribution in [0.4, 0.5) is 5.69 Å². The third-order valence-electron chi connectivity index (χ3n) is 7.75. The van der Waals surface area contributed by atoms with Crippen LogP contribution in [-0.2, 0) is 14.3 Å². The molecule has 1 aromatic carbocycles. The first-order chi connectivity index (χ1) is 16.5. The van der Waals surface area contributed by atoms with Crippen LogP contribution in [0.15, 0.2) is 24.3 Å². The molecular formula is C27H40N4O4. The largest absolute Gasteiger partial charge is 0.369 e. The van der Waals surface area contributed by atoms with Crippen LogP contribution in [0.5, 0.6) is 0 Å². The monoisotopic (exact) mass is 484 g/mol. The second-order valence-electron chi connectivity index (χ2n) is 11.7. The highest BCUT2D eigenvalue weighted by atomic mass is 16.5. The molecule has 0 unspecified atom stereocenters. The van der Waals surface area contributed by atoms with Gasteiger partial charge in [0.25, 0.3) is 5.91 Å². The third-order valence-corrected chi connectivity index (χ3v) is 7.75. The predicted molar refractivity (Wildman–Crippen MR) is 135 cm³/mol. The number of likely N-dealkylation sites (tertiary alicyclic amines) is 1. The van der Waals surface area contributed by atoms with E-state index in [1.165, 1.54) is 0 Å². The third kappa shape index (κ3) is 5.23. The minimum atomic E-state index is -0.757. The number of benzene rings is 1. The van der Waals surface area contributed by atoms with E-state index in [0.29, 0.717) is 12.1 Å². The summed E-state index contributed by atoms with van der Waals surface area (Å²) in [6, 6.07) is 6.28. The number of rotatable bonds is 5. The number of Topliss-reactive ketones (excluding diaryl/α,β-unsaturated/α-hetero) is 1. The first-order valence-electron chi connectivity index (χ1n) is 12.8. The Morgan fingerprint density at radius 3 is 2.26 bits per heavy atom. The second kappa shape index (κ2) is 9.90. The summed E-state index contributed by atoms with van der Waals surface area (Å²) < 4.78 is 5.79. The normalized spacial score (nSPS) is 26.3. The van der Waals surface area contributed by atoms with Crippen LogP contribution in [-0.4, -0.2) is 92.0 Å². The SMILES string of the molecule is CC(C)[C@H]1CN(C(=O)[C@@H](NC(=O)c2ccc(N3CCN(C)CC3)cc2)C(C)(C)C)[C@@H]2C(=O)CO[C@H]12. The molecule has 0 saturated carbocycles. The van der Waals surface area contributed by atoms with Gasteiger partial charge in [0.2, 0.25) is 5.91 Å². The van der Waals surface area contributed by atoms with Gasteiger partial charge in [-0.15, -0.1) is 0 Å². The number of nitrogens with zero attached hydrogens (tertiary/aromatic N) is 3. The van der Waals surface area contributed by atoms with Crippen LogP contribution in [0.1, 0.15) is 45.0 Å². The molecule has 0 spiro atoms. The van der Waals surface area contributed by atoms with Crippen LogP contribution in [0.3, 0.4) is 0 Å². The molecule has 3 saturated heterocycles. The Balaban J connectivity index is 1.49. The van der Waals surface area contributed by atoms with Crippen molar-refractivity contribution < 1.29 is 19.1 Å². The van der Waals surface area contributed by atoms with Gasteiger partial charge < -0.3 is 24.8 Å². The number of hydrogen-bond acceptors (Lipinski definition) is 6. The van der Waals surface area contributed by atoms with E-state index in [1.807, 2.05) is 45.0 Å². The first kappa shape index (κ1) is 25.6. The van der Waals surface area contributed by atoms with Gasteiger partial charge in [0, 0.05) is 49.9 Å². The Bertz CT molecular complexity index is 947. The Labute approximate surface area is 209 Å². The smallest absolute Gasteiger partial charge is 0.251 e. The number of hydrogen-bond donors (Lipinski definition) is 1. The number of carbonyl (C=O) groups is 3. The highest BCUT2D eigenvalue weighted by Gasteiger charge is 2.54. The summed E-state index contributed by atoms with van der Waals surface area (Å²) >= 11 is 0. The topological polar surface area (TPSA) is 82.2 Å². The van der Waals surface area contributed by atoms with Crippen molar-refractivity contribution in [3.05, 3.63) is 29.8 Å². The fraction of sp³-hybridized carbons (Fsp3) is 0.667. The van der Waals surface area contributed by atoms with Crippen molar-refractivity contribution in [2.24, 2.45) is 17.3 Å². The molecule has 1 N–H and O–H groups in total. The number of nitrogens with one attached hydrogen (secondary N) is 1. The molecule has 3 aliphatic heterocycles. The van der Waals surface area contributed by atoms with Crippen molar-refractivity contribution in [1.29, 1.82) is 0 Å². The van der Waals surface area contributed by atoms with Gasteiger partial charge in [-0.2, -0.15) is 0 Å². The Morgan fingerprint density at radius 2 is 1.69 bits per heavy atom. The van der Waals surface area contributed by atoms with Crippen molar-refractivity contribution in [3.8, 4) is 0 Å². The van der Waals surface area contributed by atoms with Crippen LogP contribution in [0, 0.1) is 17.3 Å². The molecular weight excluding hydrogens is 444 g/mol. The van der Waals surface area contributed by atoms with Gasteiger partial charge in [-0.3, -0.25) is 14.4 Å². The molecule has 1 aromatic rings. The van der Waals surface area contributed by atoms with E-state index in [1.54, 1.807) is 4.90 Å².